The molecule has 0 aliphatic rings. The van der Waals surface area contributed by atoms with Crippen LogP contribution in [0.3, 0.4) is 0 Å². The van der Waals surface area contributed by atoms with Crippen molar-refractivity contribution in [3.8, 4) is 0 Å². The fourth-order valence-corrected chi connectivity index (χ4v) is 2.78. The normalized spacial score (nSPS) is 10.4. The number of benzene rings is 3. The predicted octanol–water partition coefficient (Wildman–Crippen LogP) is 4.59. The average molecular weight is 397 g/mol. The van der Waals surface area contributed by atoms with Gasteiger partial charge in [-0.05, 0) is 53.6 Å². The van der Waals surface area contributed by atoms with E-state index >= 15 is 0 Å². The molecule has 0 aromatic heterocycles. The van der Waals surface area contributed by atoms with Gasteiger partial charge in [0.25, 0.3) is 5.91 Å². The number of rotatable bonds is 6. The van der Waals surface area contributed by atoms with E-state index in [9.17, 15) is 14.0 Å². The number of anilines is 1. The fourth-order valence-electron chi connectivity index (χ4n) is 2.59. The van der Waals surface area contributed by atoms with Gasteiger partial charge in [0.05, 0.1) is 6.42 Å². The summed E-state index contributed by atoms with van der Waals surface area (Å²) >= 11 is 5.90. The minimum absolute atomic E-state index is 0.139. The van der Waals surface area contributed by atoms with Crippen molar-refractivity contribution in [2.45, 2.75) is 13.0 Å². The van der Waals surface area contributed by atoms with Gasteiger partial charge in [0, 0.05) is 22.8 Å². The first-order chi connectivity index (χ1) is 13.5. The summed E-state index contributed by atoms with van der Waals surface area (Å²) in [5.74, 6) is -0.704. The molecule has 6 heteroatoms. The van der Waals surface area contributed by atoms with Crippen LogP contribution in [0.5, 0.6) is 0 Å². The van der Waals surface area contributed by atoms with Crippen molar-refractivity contribution in [1.82, 2.24) is 5.32 Å². The number of halogens is 2. The molecule has 0 fully saturated rings. The number of carbonyl (C=O) groups excluding carboxylic acids is 2. The van der Waals surface area contributed by atoms with Crippen molar-refractivity contribution in [3.63, 3.8) is 0 Å². The minimum atomic E-state index is -0.308. The summed E-state index contributed by atoms with van der Waals surface area (Å²) in [6, 6.07) is 19.7. The molecule has 0 bridgehead atoms. The Morgan fingerprint density at radius 2 is 1.57 bits per heavy atom. The molecule has 0 aliphatic heterocycles. The highest BCUT2D eigenvalue weighted by molar-refractivity contribution is 6.31. The summed E-state index contributed by atoms with van der Waals surface area (Å²) < 4.78 is 12.9. The van der Waals surface area contributed by atoms with E-state index in [2.05, 4.69) is 10.6 Å². The van der Waals surface area contributed by atoms with Crippen LogP contribution < -0.4 is 10.6 Å². The van der Waals surface area contributed by atoms with Gasteiger partial charge in [-0.25, -0.2) is 4.39 Å². The van der Waals surface area contributed by atoms with Crippen molar-refractivity contribution >= 4 is 29.1 Å². The van der Waals surface area contributed by atoms with Crippen LogP contribution >= 0.6 is 11.6 Å². The Morgan fingerprint density at radius 1 is 0.893 bits per heavy atom. The van der Waals surface area contributed by atoms with E-state index in [-0.39, 0.29) is 24.1 Å². The molecule has 3 aromatic rings. The summed E-state index contributed by atoms with van der Waals surface area (Å²) in [5.41, 5.74) is 2.74. The lowest BCUT2D eigenvalue weighted by Crippen LogP contribution is -2.24. The molecule has 3 rings (SSSR count). The zero-order valence-electron chi connectivity index (χ0n) is 14.9. The monoisotopic (exact) mass is 396 g/mol. The molecule has 0 saturated heterocycles. The Balaban J connectivity index is 1.51. The first-order valence-corrected chi connectivity index (χ1v) is 9.04. The van der Waals surface area contributed by atoms with Gasteiger partial charge in [-0.15, -0.1) is 0 Å². The van der Waals surface area contributed by atoms with Crippen molar-refractivity contribution < 1.29 is 14.0 Å². The van der Waals surface area contributed by atoms with E-state index in [0.717, 1.165) is 11.1 Å². The molecule has 0 heterocycles. The van der Waals surface area contributed by atoms with Gasteiger partial charge >= 0.3 is 0 Å². The van der Waals surface area contributed by atoms with Crippen LogP contribution in [-0.4, -0.2) is 11.8 Å². The van der Waals surface area contributed by atoms with Gasteiger partial charge in [-0.1, -0.05) is 41.9 Å². The Bertz CT molecular complexity index is 973. The molecule has 0 aliphatic carbocycles. The maximum Gasteiger partial charge on any atom is 0.255 e. The van der Waals surface area contributed by atoms with Crippen LogP contribution in [-0.2, 0) is 17.8 Å². The highest BCUT2D eigenvalue weighted by Gasteiger charge is 2.08. The van der Waals surface area contributed by atoms with Crippen molar-refractivity contribution in [1.29, 1.82) is 0 Å². The third kappa shape index (κ3) is 5.66. The minimum Gasteiger partial charge on any atom is -0.352 e. The van der Waals surface area contributed by atoms with E-state index in [1.54, 1.807) is 60.7 Å². The van der Waals surface area contributed by atoms with Crippen molar-refractivity contribution in [2.24, 2.45) is 0 Å². The number of nitrogens with one attached hydrogen (secondary N) is 2. The van der Waals surface area contributed by atoms with Gasteiger partial charge in [0.1, 0.15) is 5.82 Å². The standard InChI is InChI=1S/C22H18ClFN2O2/c23-18-3-1-2-17(13-18)22(28)26-20-10-6-15(7-11-20)12-21(27)25-14-16-4-8-19(24)9-5-16/h1-11,13H,12,14H2,(H,25,27)(H,26,28). The number of hydrogen-bond donors (Lipinski definition) is 2. The molecule has 28 heavy (non-hydrogen) atoms. The highest BCUT2D eigenvalue weighted by Crippen LogP contribution is 2.15. The second kappa shape index (κ2) is 9.15. The first-order valence-electron chi connectivity index (χ1n) is 8.66. The third-order valence-electron chi connectivity index (χ3n) is 4.07. The van der Waals surface area contributed by atoms with Gasteiger partial charge in [-0.2, -0.15) is 0 Å². The molecule has 142 valence electrons. The van der Waals surface area contributed by atoms with Crippen molar-refractivity contribution in [3.05, 3.63) is 100 Å². The van der Waals surface area contributed by atoms with Crippen LogP contribution in [0, 0.1) is 5.82 Å². The zero-order valence-corrected chi connectivity index (χ0v) is 15.7. The maximum absolute atomic E-state index is 12.9. The summed E-state index contributed by atoms with van der Waals surface area (Å²) in [4.78, 5) is 24.3. The summed E-state index contributed by atoms with van der Waals surface area (Å²) in [6.45, 7) is 0.340. The third-order valence-corrected chi connectivity index (χ3v) is 4.30. The second-order valence-corrected chi connectivity index (χ2v) is 6.68. The van der Waals surface area contributed by atoms with Crippen LogP contribution in [0.25, 0.3) is 0 Å². The topological polar surface area (TPSA) is 58.2 Å². The summed E-state index contributed by atoms with van der Waals surface area (Å²) in [5, 5.41) is 6.08. The van der Waals surface area contributed by atoms with E-state index in [0.29, 0.717) is 22.8 Å². The average Bonchev–Trinajstić information content (AvgIpc) is 2.69. The number of hydrogen-bond acceptors (Lipinski definition) is 2. The fraction of sp³-hybridized carbons (Fsp3) is 0.0909. The lowest BCUT2D eigenvalue weighted by molar-refractivity contribution is -0.120. The van der Waals surface area contributed by atoms with Crippen LogP contribution in [0.2, 0.25) is 5.02 Å². The predicted molar refractivity (Wildman–Crippen MR) is 108 cm³/mol. The lowest BCUT2D eigenvalue weighted by atomic mass is 10.1. The molecule has 2 amide bonds. The van der Waals surface area contributed by atoms with E-state index in [1.165, 1.54) is 12.1 Å². The summed E-state index contributed by atoms with van der Waals surface area (Å²) in [7, 11) is 0. The second-order valence-electron chi connectivity index (χ2n) is 6.24. The molecule has 3 aromatic carbocycles. The van der Waals surface area contributed by atoms with E-state index < -0.39 is 0 Å². The van der Waals surface area contributed by atoms with Crippen LogP contribution in [0.1, 0.15) is 21.5 Å². The Morgan fingerprint density at radius 3 is 2.25 bits per heavy atom. The smallest absolute Gasteiger partial charge is 0.255 e. The molecular formula is C22H18ClFN2O2. The molecule has 0 unspecified atom stereocenters. The van der Waals surface area contributed by atoms with Crippen molar-refractivity contribution in [2.75, 3.05) is 5.32 Å². The van der Waals surface area contributed by atoms with Gasteiger partial charge in [0.2, 0.25) is 5.91 Å². The Hall–Kier alpha value is -3.18. The largest absolute Gasteiger partial charge is 0.352 e. The van der Waals surface area contributed by atoms with Crippen LogP contribution in [0.15, 0.2) is 72.8 Å². The SMILES string of the molecule is O=C(Cc1ccc(NC(=O)c2cccc(Cl)c2)cc1)NCc1ccc(F)cc1. The van der Waals surface area contributed by atoms with Gasteiger partial charge in [-0.3, -0.25) is 9.59 Å². The molecule has 0 spiro atoms. The van der Waals surface area contributed by atoms with E-state index in [4.69, 9.17) is 11.6 Å². The maximum atomic E-state index is 12.9. The first kappa shape index (κ1) is 19.6. The quantitative estimate of drug-likeness (QED) is 0.640. The Labute approximate surface area is 167 Å². The molecule has 4 nitrogen and oxygen atoms in total. The van der Waals surface area contributed by atoms with Crippen LogP contribution in [0.4, 0.5) is 10.1 Å². The molecular weight excluding hydrogens is 379 g/mol. The van der Waals surface area contributed by atoms with E-state index in [1.807, 2.05) is 0 Å². The summed E-state index contributed by atoms with van der Waals surface area (Å²) in [6.07, 6.45) is 0.212. The highest BCUT2D eigenvalue weighted by atomic mass is 35.5. The Kier molecular flexibility index (Phi) is 6.40. The zero-order chi connectivity index (χ0) is 19.9. The lowest BCUT2D eigenvalue weighted by Gasteiger charge is -2.08. The van der Waals surface area contributed by atoms with Gasteiger partial charge in [0.15, 0.2) is 0 Å². The number of carbonyl (C=O) groups is 2. The molecule has 2 N–H and O–H groups in total. The molecule has 0 radical (unpaired) electrons. The molecule has 0 atom stereocenters. The number of amides is 2. The van der Waals surface area contributed by atoms with Gasteiger partial charge < -0.3 is 10.6 Å². The molecule has 0 saturated carbocycles.